The third-order valence-electron chi connectivity index (χ3n) is 1.98. The van der Waals surface area contributed by atoms with Crippen LogP contribution in [0.3, 0.4) is 0 Å². The van der Waals surface area contributed by atoms with Crippen LogP contribution in [0.2, 0.25) is 0 Å². The lowest BCUT2D eigenvalue weighted by molar-refractivity contribution is 0.509. The van der Waals surface area contributed by atoms with Crippen LogP contribution < -0.4 is 0 Å². The zero-order chi connectivity index (χ0) is 10.8. The van der Waals surface area contributed by atoms with E-state index in [1.807, 2.05) is 0 Å². The summed E-state index contributed by atoms with van der Waals surface area (Å²) in [4.78, 5) is 4.60. The largest absolute Gasteiger partial charge is 0.263 e. The van der Waals surface area contributed by atoms with Gasteiger partial charge in [-0.15, -0.1) is 12.6 Å². The Bertz CT molecular complexity index is 500. The van der Waals surface area contributed by atoms with Gasteiger partial charge in [0.15, 0.2) is 11.6 Å². The van der Waals surface area contributed by atoms with E-state index in [1.165, 1.54) is 6.07 Å². The van der Waals surface area contributed by atoms with Crippen molar-refractivity contribution >= 4 is 12.6 Å². The summed E-state index contributed by atoms with van der Waals surface area (Å²) in [5.41, 5.74) is 1.29. The summed E-state index contributed by atoms with van der Waals surface area (Å²) < 4.78 is 25.6. The van der Waals surface area contributed by atoms with Crippen molar-refractivity contribution in [1.29, 1.82) is 0 Å². The standard InChI is InChI=1S/C11H7F2NS/c12-10-2-1-7(4-11(10)13)8-3-9(15)6-14-5-8/h1-6,15H. The molecule has 0 aliphatic heterocycles. The average molecular weight is 223 g/mol. The minimum atomic E-state index is -0.864. The first-order chi connectivity index (χ1) is 7.16. The van der Waals surface area contributed by atoms with Crippen LogP contribution in [0.5, 0.6) is 0 Å². The number of halogens is 2. The van der Waals surface area contributed by atoms with Gasteiger partial charge in [0.1, 0.15) is 0 Å². The fraction of sp³-hybridized carbons (Fsp3) is 0. The number of thiol groups is 1. The molecule has 0 fully saturated rings. The van der Waals surface area contributed by atoms with Gasteiger partial charge in [-0.05, 0) is 23.8 Å². The molecule has 0 bridgehead atoms. The molecule has 0 radical (unpaired) electrons. The maximum Gasteiger partial charge on any atom is 0.159 e. The van der Waals surface area contributed by atoms with Crippen molar-refractivity contribution in [3.63, 3.8) is 0 Å². The lowest BCUT2D eigenvalue weighted by Gasteiger charge is -2.02. The van der Waals surface area contributed by atoms with Crippen molar-refractivity contribution in [1.82, 2.24) is 4.98 Å². The summed E-state index contributed by atoms with van der Waals surface area (Å²) in [5, 5.41) is 0. The smallest absolute Gasteiger partial charge is 0.159 e. The van der Waals surface area contributed by atoms with Gasteiger partial charge in [0, 0.05) is 22.9 Å². The third-order valence-corrected chi connectivity index (χ3v) is 2.22. The summed E-state index contributed by atoms with van der Waals surface area (Å²) in [6.45, 7) is 0. The van der Waals surface area contributed by atoms with Gasteiger partial charge in [0.05, 0.1) is 0 Å². The van der Waals surface area contributed by atoms with Crippen molar-refractivity contribution in [2.45, 2.75) is 4.90 Å². The van der Waals surface area contributed by atoms with Gasteiger partial charge in [-0.3, -0.25) is 4.98 Å². The highest BCUT2D eigenvalue weighted by molar-refractivity contribution is 7.80. The van der Waals surface area contributed by atoms with E-state index in [0.29, 0.717) is 16.0 Å². The number of hydrogen-bond acceptors (Lipinski definition) is 2. The SMILES string of the molecule is Fc1ccc(-c2cncc(S)c2)cc1F. The van der Waals surface area contributed by atoms with Crippen molar-refractivity contribution in [3.8, 4) is 11.1 Å². The van der Waals surface area contributed by atoms with Crippen LogP contribution in [0.4, 0.5) is 8.78 Å². The highest BCUT2D eigenvalue weighted by atomic mass is 32.1. The second kappa shape index (κ2) is 3.98. The fourth-order valence-electron chi connectivity index (χ4n) is 1.26. The predicted octanol–water partition coefficient (Wildman–Crippen LogP) is 3.32. The van der Waals surface area contributed by atoms with E-state index in [2.05, 4.69) is 17.6 Å². The van der Waals surface area contributed by atoms with Crippen LogP contribution in [0, 0.1) is 11.6 Å². The molecular formula is C11H7F2NS. The Morgan fingerprint density at radius 3 is 2.40 bits per heavy atom. The summed E-state index contributed by atoms with van der Waals surface area (Å²) in [7, 11) is 0. The molecule has 1 heterocycles. The molecule has 76 valence electrons. The van der Waals surface area contributed by atoms with Crippen molar-refractivity contribution < 1.29 is 8.78 Å². The lowest BCUT2D eigenvalue weighted by Crippen LogP contribution is -1.86. The monoisotopic (exact) mass is 223 g/mol. The highest BCUT2D eigenvalue weighted by Gasteiger charge is 2.04. The van der Waals surface area contributed by atoms with E-state index in [0.717, 1.165) is 12.1 Å². The Kier molecular flexibility index (Phi) is 2.68. The van der Waals surface area contributed by atoms with Gasteiger partial charge in [0.2, 0.25) is 0 Å². The maximum atomic E-state index is 13.0. The van der Waals surface area contributed by atoms with Gasteiger partial charge in [-0.25, -0.2) is 8.78 Å². The Morgan fingerprint density at radius 2 is 1.73 bits per heavy atom. The minimum Gasteiger partial charge on any atom is -0.263 e. The van der Waals surface area contributed by atoms with Crippen molar-refractivity contribution in [3.05, 3.63) is 48.3 Å². The molecular weight excluding hydrogens is 216 g/mol. The van der Waals surface area contributed by atoms with E-state index in [9.17, 15) is 8.78 Å². The zero-order valence-corrected chi connectivity index (χ0v) is 8.51. The first-order valence-electron chi connectivity index (χ1n) is 4.26. The van der Waals surface area contributed by atoms with Gasteiger partial charge in [-0.2, -0.15) is 0 Å². The Labute approximate surface area is 91.2 Å². The minimum absolute atomic E-state index is 0.581. The molecule has 1 aromatic heterocycles. The molecule has 15 heavy (non-hydrogen) atoms. The fourth-order valence-corrected chi connectivity index (χ4v) is 1.47. The van der Waals surface area contributed by atoms with Crippen molar-refractivity contribution in [2.24, 2.45) is 0 Å². The maximum absolute atomic E-state index is 13.0. The molecule has 0 spiro atoms. The van der Waals surface area contributed by atoms with E-state index in [1.54, 1.807) is 18.5 Å². The molecule has 0 unspecified atom stereocenters. The number of pyridine rings is 1. The van der Waals surface area contributed by atoms with E-state index in [-0.39, 0.29) is 0 Å². The Hall–Kier alpha value is -1.42. The second-order valence-electron chi connectivity index (χ2n) is 3.06. The summed E-state index contributed by atoms with van der Waals surface area (Å²) >= 11 is 4.12. The Balaban J connectivity index is 2.50. The predicted molar refractivity (Wildman–Crippen MR) is 56.8 cm³/mol. The number of benzene rings is 1. The molecule has 2 aromatic rings. The molecule has 1 aromatic carbocycles. The molecule has 4 heteroatoms. The van der Waals surface area contributed by atoms with Crippen LogP contribution in [0.25, 0.3) is 11.1 Å². The second-order valence-corrected chi connectivity index (χ2v) is 3.58. The van der Waals surface area contributed by atoms with Gasteiger partial charge in [-0.1, -0.05) is 6.07 Å². The number of rotatable bonds is 1. The van der Waals surface area contributed by atoms with Crippen LogP contribution >= 0.6 is 12.6 Å². The van der Waals surface area contributed by atoms with Gasteiger partial charge >= 0.3 is 0 Å². The molecule has 0 aliphatic carbocycles. The van der Waals surface area contributed by atoms with Gasteiger partial charge < -0.3 is 0 Å². The summed E-state index contributed by atoms with van der Waals surface area (Å²) in [6.07, 6.45) is 3.15. The van der Waals surface area contributed by atoms with Crippen LogP contribution in [0.1, 0.15) is 0 Å². The number of nitrogens with zero attached hydrogens (tertiary/aromatic N) is 1. The summed E-state index contributed by atoms with van der Waals surface area (Å²) in [5.74, 6) is -1.72. The number of aromatic nitrogens is 1. The molecule has 1 nitrogen and oxygen atoms in total. The molecule has 0 N–H and O–H groups in total. The van der Waals surface area contributed by atoms with E-state index < -0.39 is 11.6 Å². The quantitative estimate of drug-likeness (QED) is 0.732. The average Bonchev–Trinajstić information content (AvgIpc) is 2.22. The highest BCUT2D eigenvalue weighted by Crippen LogP contribution is 2.22. The van der Waals surface area contributed by atoms with Crippen LogP contribution in [-0.2, 0) is 0 Å². The zero-order valence-electron chi connectivity index (χ0n) is 7.61. The van der Waals surface area contributed by atoms with Crippen LogP contribution in [0.15, 0.2) is 41.6 Å². The molecule has 0 saturated carbocycles. The molecule has 0 aliphatic rings. The molecule has 0 atom stereocenters. The lowest BCUT2D eigenvalue weighted by atomic mass is 10.1. The number of hydrogen-bond donors (Lipinski definition) is 1. The Morgan fingerprint density at radius 1 is 0.933 bits per heavy atom. The normalized spacial score (nSPS) is 10.3. The van der Waals surface area contributed by atoms with Crippen LogP contribution in [-0.4, -0.2) is 4.98 Å². The molecule has 0 amide bonds. The third kappa shape index (κ3) is 2.15. The topological polar surface area (TPSA) is 12.9 Å². The summed E-state index contributed by atoms with van der Waals surface area (Å²) in [6, 6.07) is 5.47. The van der Waals surface area contributed by atoms with Crippen molar-refractivity contribution in [2.75, 3.05) is 0 Å². The molecule has 0 saturated heterocycles. The molecule has 2 rings (SSSR count). The van der Waals surface area contributed by atoms with E-state index in [4.69, 9.17) is 0 Å². The first-order valence-corrected chi connectivity index (χ1v) is 4.71. The first kappa shape index (κ1) is 10.1. The van der Waals surface area contributed by atoms with Gasteiger partial charge in [0.25, 0.3) is 0 Å². The van der Waals surface area contributed by atoms with E-state index >= 15 is 0 Å².